The molecule has 0 radical (unpaired) electrons. The van der Waals surface area contributed by atoms with Crippen molar-refractivity contribution in [1.29, 1.82) is 0 Å². The lowest BCUT2D eigenvalue weighted by Gasteiger charge is -2.46. The summed E-state index contributed by atoms with van der Waals surface area (Å²) in [4.78, 5) is 28.9. The summed E-state index contributed by atoms with van der Waals surface area (Å²) in [5.41, 5.74) is 6.84. The zero-order chi connectivity index (χ0) is 21.5. The van der Waals surface area contributed by atoms with Crippen LogP contribution in [0.2, 0.25) is 0 Å². The number of anilines is 1. The van der Waals surface area contributed by atoms with E-state index in [1.807, 2.05) is 36.4 Å². The molecule has 0 aromatic heterocycles. The topological polar surface area (TPSA) is 37.4 Å². The summed E-state index contributed by atoms with van der Waals surface area (Å²) >= 11 is 0. The number of nitrogens with zero attached hydrogens (tertiary/aromatic N) is 1. The van der Waals surface area contributed by atoms with Crippen LogP contribution >= 0.6 is 0 Å². The van der Waals surface area contributed by atoms with E-state index in [2.05, 4.69) is 57.2 Å². The van der Waals surface area contributed by atoms with E-state index in [1.54, 1.807) is 0 Å². The number of carbonyl (C=O) groups excluding carboxylic acids is 2. The van der Waals surface area contributed by atoms with Gasteiger partial charge < -0.3 is 0 Å². The molecule has 4 aliphatic rings. The van der Waals surface area contributed by atoms with E-state index in [0.29, 0.717) is 5.69 Å². The first-order valence-electron chi connectivity index (χ1n) is 11.0. The highest BCUT2D eigenvalue weighted by molar-refractivity contribution is 6.23. The Kier molecular flexibility index (Phi) is 3.69. The molecule has 3 aromatic carbocycles. The monoisotopic (exact) mass is 407 g/mol. The average molecular weight is 408 g/mol. The zero-order valence-electron chi connectivity index (χ0n) is 18.0. The largest absolute Gasteiger partial charge is 0.274 e. The van der Waals surface area contributed by atoms with Gasteiger partial charge in [0.25, 0.3) is 0 Å². The van der Waals surface area contributed by atoms with Gasteiger partial charge in [0.15, 0.2) is 0 Å². The Bertz CT molecular complexity index is 1240. The fourth-order valence-corrected chi connectivity index (χ4v) is 6.03. The predicted octanol–water partition coefficient (Wildman–Crippen LogP) is 5.38. The molecule has 2 amide bonds. The van der Waals surface area contributed by atoms with Gasteiger partial charge in [-0.3, -0.25) is 9.59 Å². The molecular formula is C28H25NO2. The van der Waals surface area contributed by atoms with Crippen molar-refractivity contribution >= 4 is 17.5 Å². The van der Waals surface area contributed by atoms with E-state index in [9.17, 15) is 9.59 Å². The molecule has 1 aliphatic heterocycles. The molecule has 3 aliphatic carbocycles. The van der Waals surface area contributed by atoms with Crippen molar-refractivity contribution in [3.8, 4) is 0 Å². The predicted molar refractivity (Wildman–Crippen MR) is 121 cm³/mol. The Morgan fingerprint density at radius 3 is 1.74 bits per heavy atom. The minimum atomic E-state index is -0.338. The van der Waals surface area contributed by atoms with Crippen molar-refractivity contribution in [2.75, 3.05) is 4.90 Å². The van der Waals surface area contributed by atoms with Gasteiger partial charge in [-0.25, -0.2) is 4.90 Å². The Labute approximate surface area is 182 Å². The summed E-state index contributed by atoms with van der Waals surface area (Å²) in [7, 11) is 0. The molecule has 154 valence electrons. The number of hydrogen-bond acceptors (Lipinski definition) is 2. The average Bonchev–Trinajstić information content (AvgIpc) is 3.04. The van der Waals surface area contributed by atoms with Crippen molar-refractivity contribution in [2.45, 2.75) is 38.0 Å². The van der Waals surface area contributed by atoms with Crippen molar-refractivity contribution < 1.29 is 9.59 Å². The van der Waals surface area contributed by atoms with Crippen LogP contribution in [-0.2, 0) is 15.0 Å². The van der Waals surface area contributed by atoms with Crippen LogP contribution in [0.3, 0.4) is 0 Å². The van der Waals surface area contributed by atoms with Crippen molar-refractivity contribution in [3.63, 3.8) is 0 Å². The van der Waals surface area contributed by atoms with Crippen LogP contribution in [0.4, 0.5) is 5.69 Å². The molecule has 4 atom stereocenters. The third kappa shape index (κ3) is 2.40. The van der Waals surface area contributed by atoms with Gasteiger partial charge in [-0.15, -0.1) is 0 Å². The second-order valence-corrected chi connectivity index (χ2v) is 10.1. The van der Waals surface area contributed by atoms with E-state index in [4.69, 9.17) is 0 Å². The summed E-state index contributed by atoms with van der Waals surface area (Å²) < 4.78 is 0. The minimum absolute atomic E-state index is 0.0240. The lowest BCUT2D eigenvalue weighted by molar-refractivity contribution is -0.122. The first kappa shape index (κ1) is 18.6. The summed E-state index contributed by atoms with van der Waals surface area (Å²) in [6.07, 6.45) is 0. The highest BCUT2D eigenvalue weighted by Gasteiger charge is 2.61. The number of carbonyl (C=O) groups is 2. The number of amides is 2. The van der Waals surface area contributed by atoms with Crippen molar-refractivity contribution in [2.24, 2.45) is 11.8 Å². The van der Waals surface area contributed by atoms with Gasteiger partial charge in [0.1, 0.15) is 0 Å². The quantitative estimate of drug-likeness (QED) is 0.508. The molecule has 2 bridgehead atoms. The van der Waals surface area contributed by atoms with E-state index in [0.717, 1.165) is 0 Å². The minimum Gasteiger partial charge on any atom is -0.274 e. The van der Waals surface area contributed by atoms with Gasteiger partial charge in [-0.2, -0.15) is 0 Å². The summed E-state index contributed by atoms with van der Waals surface area (Å²) in [6, 6.07) is 24.5. The molecule has 3 heteroatoms. The van der Waals surface area contributed by atoms with Crippen molar-refractivity contribution in [1.82, 2.24) is 0 Å². The molecule has 31 heavy (non-hydrogen) atoms. The lowest BCUT2D eigenvalue weighted by Crippen LogP contribution is -2.41. The smallest absolute Gasteiger partial charge is 0.238 e. The second kappa shape index (κ2) is 6.16. The molecular weight excluding hydrogens is 382 g/mol. The van der Waals surface area contributed by atoms with Gasteiger partial charge in [0.05, 0.1) is 17.5 Å². The standard InChI is InChI=1S/C28H25NO2/c1-28(2,3)16-13-14-20-21(15-16)23-19-12-8-7-11-18(19)22(20)24-25(23)27(31)29(26(24)30)17-9-5-4-6-10-17/h4-15,22-25H,1-3H3. The fourth-order valence-electron chi connectivity index (χ4n) is 6.03. The van der Waals surface area contributed by atoms with Crippen LogP contribution in [0.1, 0.15) is 60.4 Å². The van der Waals surface area contributed by atoms with Gasteiger partial charge in [0.2, 0.25) is 11.8 Å². The molecule has 3 nitrogen and oxygen atoms in total. The molecule has 0 saturated carbocycles. The SMILES string of the molecule is CC(C)(C)c1ccc2c(c1)C1c3ccccc3C2C2C(=O)N(c3ccccc3)C(=O)C12. The molecule has 1 saturated heterocycles. The molecule has 7 rings (SSSR count). The van der Waals surface area contributed by atoms with E-state index in [1.165, 1.54) is 32.7 Å². The number of imide groups is 1. The van der Waals surface area contributed by atoms with E-state index in [-0.39, 0.29) is 40.9 Å². The van der Waals surface area contributed by atoms with Crippen molar-refractivity contribution in [3.05, 3.63) is 101 Å². The second-order valence-electron chi connectivity index (χ2n) is 10.1. The number of hydrogen-bond donors (Lipinski definition) is 0. The zero-order valence-corrected chi connectivity index (χ0v) is 18.0. The Balaban J connectivity index is 1.58. The summed E-state index contributed by atoms with van der Waals surface area (Å²) in [5.74, 6) is -0.932. The van der Waals surface area contributed by atoms with Gasteiger partial charge in [0, 0.05) is 11.8 Å². The highest BCUT2D eigenvalue weighted by atomic mass is 16.2. The van der Waals surface area contributed by atoms with Gasteiger partial charge >= 0.3 is 0 Å². The maximum Gasteiger partial charge on any atom is 0.238 e. The maximum absolute atomic E-state index is 13.7. The molecule has 1 heterocycles. The third-order valence-corrected chi connectivity index (χ3v) is 7.42. The number of benzene rings is 3. The van der Waals surface area contributed by atoms with Gasteiger partial charge in [-0.05, 0) is 45.4 Å². The summed E-state index contributed by atoms with van der Waals surface area (Å²) in [5, 5.41) is 0. The third-order valence-electron chi connectivity index (χ3n) is 7.42. The van der Waals surface area contributed by atoms with Gasteiger partial charge in [-0.1, -0.05) is 81.4 Å². The number of rotatable bonds is 1. The van der Waals surface area contributed by atoms with Crippen LogP contribution in [0.25, 0.3) is 0 Å². The molecule has 0 spiro atoms. The Hall–Kier alpha value is -3.20. The van der Waals surface area contributed by atoms with E-state index >= 15 is 0 Å². The maximum atomic E-state index is 13.7. The molecule has 3 aromatic rings. The lowest BCUT2D eigenvalue weighted by atomic mass is 9.54. The summed E-state index contributed by atoms with van der Waals surface area (Å²) in [6.45, 7) is 6.65. The fraction of sp³-hybridized carbons (Fsp3) is 0.286. The van der Waals surface area contributed by atoms with Crippen LogP contribution in [-0.4, -0.2) is 11.8 Å². The first-order chi connectivity index (χ1) is 14.9. The molecule has 1 fully saturated rings. The Morgan fingerprint density at radius 2 is 1.16 bits per heavy atom. The Morgan fingerprint density at radius 1 is 0.645 bits per heavy atom. The molecule has 4 unspecified atom stereocenters. The number of para-hydroxylation sites is 1. The van der Waals surface area contributed by atoms with Crippen LogP contribution in [0, 0.1) is 11.8 Å². The van der Waals surface area contributed by atoms with E-state index < -0.39 is 0 Å². The van der Waals surface area contributed by atoms with Crippen LogP contribution in [0.5, 0.6) is 0 Å². The first-order valence-corrected chi connectivity index (χ1v) is 11.0. The van der Waals surface area contributed by atoms with Crippen LogP contribution < -0.4 is 4.90 Å². The highest BCUT2D eigenvalue weighted by Crippen LogP contribution is 2.61. The molecule has 0 N–H and O–H groups in total. The van der Waals surface area contributed by atoms with Crippen LogP contribution in [0.15, 0.2) is 72.8 Å². The normalized spacial score (nSPS) is 26.0.